The molecule has 0 atom stereocenters. The maximum atomic E-state index is 13.6. The molecule has 2 aromatic carbocycles. The van der Waals surface area contributed by atoms with E-state index in [1.807, 2.05) is 0 Å². The molecule has 0 bridgehead atoms. The average Bonchev–Trinajstić information content (AvgIpc) is 2.49. The van der Waals surface area contributed by atoms with Crippen molar-refractivity contribution in [2.24, 2.45) is 10.9 Å². The smallest absolute Gasteiger partial charge is 0.170 e. The lowest BCUT2D eigenvalue weighted by Crippen LogP contribution is -2.13. The molecule has 0 fully saturated rings. The number of nitrogens with zero attached hydrogens (tertiary/aromatic N) is 1. The summed E-state index contributed by atoms with van der Waals surface area (Å²) >= 11 is 2.92. The summed E-state index contributed by atoms with van der Waals surface area (Å²) in [6, 6.07) is 8.99. The molecule has 2 rings (SSSR count). The van der Waals surface area contributed by atoms with Crippen molar-refractivity contribution in [3.05, 3.63) is 63.6 Å². The van der Waals surface area contributed by atoms with E-state index in [2.05, 4.69) is 26.4 Å². The number of benzene rings is 2. The summed E-state index contributed by atoms with van der Waals surface area (Å²) in [5.41, 5.74) is 6.94. The van der Waals surface area contributed by atoms with Crippen molar-refractivity contribution >= 4 is 27.5 Å². The Morgan fingerprint density at radius 2 is 1.86 bits per heavy atom. The van der Waals surface area contributed by atoms with E-state index in [-0.39, 0.29) is 16.0 Å². The highest BCUT2D eigenvalue weighted by molar-refractivity contribution is 9.10. The molecular formula is C14H12BrF2N3O. The summed E-state index contributed by atoms with van der Waals surface area (Å²) in [6.07, 6.45) is 0. The van der Waals surface area contributed by atoms with Crippen LogP contribution in [0.3, 0.4) is 0 Å². The van der Waals surface area contributed by atoms with Crippen LogP contribution in [-0.2, 0) is 6.54 Å². The van der Waals surface area contributed by atoms with Gasteiger partial charge in [-0.15, -0.1) is 0 Å². The van der Waals surface area contributed by atoms with Crippen LogP contribution < -0.4 is 11.1 Å². The van der Waals surface area contributed by atoms with Crippen molar-refractivity contribution in [3.8, 4) is 0 Å². The second kappa shape index (κ2) is 6.53. The number of oxime groups is 1. The van der Waals surface area contributed by atoms with Gasteiger partial charge in [-0.05, 0) is 27.6 Å². The van der Waals surface area contributed by atoms with E-state index in [1.54, 1.807) is 24.3 Å². The molecule has 0 spiro atoms. The number of hydrogen-bond acceptors (Lipinski definition) is 3. The topological polar surface area (TPSA) is 70.6 Å². The molecule has 0 saturated heterocycles. The van der Waals surface area contributed by atoms with Gasteiger partial charge in [-0.2, -0.15) is 0 Å². The predicted octanol–water partition coefficient (Wildman–Crippen LogP) is 3.43. The lowest BCUT2D eigenvalue weighted by Gasteiger charge is -2.09. The first kappa shape index (κ1) is 15.2. The van der Waals surface area contributed by atoms with E-state index in [9.17, 15) is 8.78 Å². The largest absolute Gasteiger partial charge is 0.409 e. The van der Waals surface area contributed by atoms with Gasteiger partial charge in [0.2, 0.25) is 0 Å². The van der Waals surface area contributed by atoms with E-state index < -0.39 is 11.6 Å². The van der Waals surface area contributed by atoms with E-state index in [0.717, 1.165) is 17.7 Å². The Labute approximate surface area is 128 Å². The highest BCUT2D eigenvalue weighted by Gasteiger charge is 2.08. The van der Waals surface area contributed by atoms with Crippen LogP contribution in [0.15, 0.2) is 46.0 Å². The molecule has 0 aliphatic carbocycles. The van der Waals surface area contributed by atoms with Gasteiger partial charge in [-0.3, -0.25) is 0 Å². The van der Waals surface area contributed by atoms with Gasteiger partial charge in [0.25, 0.3) is 0 Å². The van der Waals surface area contributed by atoms with Gasteiger partial charge in [-0.25, -0.2) is 8.78 Å². The Morgan fingerprint density at radius 1 is 1.19 bits per heavy atom. The van der Waals surface area contributed by atoms with Crippen LogP contribution in [0.5, 0.6) is 0 Å². The molecule has 0 amide bonds. The molecular weight excluding hydrogens is 344 g/mol. The average molecular weight is 356 g/mol. The van der Waals surface area contributed by atoms with Crippen molar-refractivity contribution in [2.45, 2.75) is 6.54 Å². The molecule has 110 valence electrons. The van der Waals surface area contributed by atoms with Crippen molar-refractivity contribution in [2.75, 3.05) is 5.32 Å². The number of halogens is 3. The molecule has 0 aliphatic rings. The van der Waals surface area contributed by atoms with Crippen LogP contribution in [0.1, 0.15) is 11.1 Å². The van der Waals surface area contributed by atoms with Gasteiger partial charge in [0.05, 0.1) is 10.2 Å². The van der Waals surface area contributed by atoms with E-state index >= 15 is 0 Å². The molecule has 0 unspecified atom stereocenters. The molecule has 0 saturated carbocycles. The lowest BCUT2D eigenvalue weighted by atomic mass is 10.1. The first-order valence-corrected chi connectivity index (χ1v) is 6.76. The van der Waals surface area contributed by atoms with Crippen LogP contribution in [0, 0.1) is 11.6 Å². The Bertz CT molecular complexity index is 675. The Kier molecular flexibility index (Phi) is 4.74. The number of hydrogen-bond donors (Lipinski definition) is 3. The summed E-state index contributed by atoms with van der Waals surface area (Å²) in [5.74, 6) is -1.08. The molecule has 4 N–H and O–H groups in total. The third-order valence-electron chi connectivity index (χ3n) is 2.85. The molecule has 7 heteroatoms. The molecule has 21 heavy (non-hydrogen) atoms. The molecule has 0 radical (unpaired) electrons. The third-order valence-corrected chi connectivity index (χ3v) is 3.46. The monoisotopic (exact) mass is 355 g/mol. The zero-order valence-corrected chi connectivity index (χ0v) is 12.4. The van der Waals surface area contributed by atoms with Crippen LogP contribution in [0.2, 0.25) is 0 Å². The van der Waals surface area contributed by atoms with Crippen LogP contribution >= 0.6 is 15.9 Å². The number of rotatable bonds is 4. The summed E-state index contributed by atoms with van der Waals surface area (Å²) in [7, 11) is 0. The van der Waals surface area contributed by atoms with Gasteiger partial charge < -0.3 is 16.3 Å². The van der Waals surface area contributed by atoms with Crippen LogP contribution in [-0.4, -0.2) is 11.0 Å². The fourth-order valence-corrected chi connectivity index (χ4v) is 2.02. The highest BCUT2D eigenvalue weighted by atomic mass is 79.9. The van der Waals surface area contributed by atoms with E-state index in [1.165, 1.54) is 0 Å². The first-order valence-electron chi connectivity index (χ1n) is 5.96. The molecule has 4 nitrogen and oxygen atoms in total. The van der Waals surface area contributed by atoms with Crippen LogP contribution in [0.25, 0.3) is 0 Å². The minimum absolute atomic E-state index is 0.00975. The van der Waals surface area contributed by atoms with Gasteiger partial charge in [0.15, 0.2) is 5.84 Å². The fourth-order valence-electron chi connectivity index (χ4n) is 1.71. The summed E-state index contributed by atoms with van der Waals surface area (Å²) in [4.78, 5) is 0. The maximum absolute atomic E-state index is 13.6. The van der Waals surface area contributed by atoms with Crippen molar-refractivity contribution in [3.63, 3.8) is 0 Å². The quantitative estimate of drug-likeness (QED) is 0.258. The number of anilines is 1. The van der Waals surface area contributed by atoms with Crippen LogP contribution in [0.4, 0.5) is 14.5 Å². The lowest BCUT2D eigenvalue weighted by molar-refractivity contribution is 0.318. The Morgan fingerprint density at radius 3 is 2.48 bits per heavy atom. The van der Waals surface area contributed by atoms with Gasteiger partial charge in [0.1, 0.15) is 11.6 Å². The highest BCUT2D eigenvalue weighted by Crippen LogP contribution is 2.23. The Hall–Kier alpha value is -2.15. The van der Waals surface area contributed by atoms with Gasteiger partial charge in [0, 0.05) is 18.2 Å². The normalized spacial score (nSPS) is 11.5. The van der Waals surface area contributed by atoms with Gasteiger partial charge in [-0.1, -0.05) is 29.4 Å². The number of amidine groups is 1. The molecule has 0 aliphatic heterocycles. The zero-order valence-electron chi connectivity index (χ0n) is 10.8. The van der Waals surface area contributed by atoms with Crippen molar-refractivity contribution in [1.29, 1.82) is 0 Å². The van der Waals surface area contributed by atoms with E-state index in [4.69, 9.17) is 10.9 Å². The zero-order chi connectivity index (χ0) is 15.4. The Balaban J connectivity index is 2.08. The summed E-state index contributed by atoms with van der Waals surface area (Å²) in [5, 5.41) is 14.3. The molecule has 0 heterocycles. The standard InChI is InChI=1S/C14H12BrF2N3O/c15-10-5-12(17)13(6-11(10)16)19-7-8-1-3-9(4-2-8)14(18)20-21/h1-6,19,21H,7H2,(H2,18,20). The molecule has 2 aromatic rings. The van der Waals surface area contributed by atoms with Crippen molar-refractivity contribution in [1.82, 2.24) is 0 Å². The summed E-state index contributed by atoms with van der Waals surface area (Å²) in [6.45, 7) is 0.314. The fraction of sp³-hybridized carbons (Fsp3) is 0.0714. The minimum atomic E-state index is -0.545. The number of nitrogens with two attached hydrogens (primary N) is 1. The molecule has 0 aromatic heterocycles. The summed E-state index contributed by atoms with van der Waals surface area (Å²) < 4.78 is 27.1. The SMILES string of the molecule is N/C(=N/O)c1ccc(CNc2cc(F)c(Br)cc2F)cc1. The van der Waals surface area contributed by atoms with Crippen molar-refractivity contribution < 1.29 is 14.0 Å². The van der Waals surface area contributed by atoms with Gasteiger partial charge >= 0.3 is 0 Å². The second-order valence-electron chi connectivity index (χ2n) is 4.28. The number of nitrogens with one attached hydrogen (secondary N) is 1. The second-order valence-corrected chi connectivity index (χ2v) is 5.14. The third kappa shape index (κ3) is 3.69. The first-order chi connectivity index (χ1) is 10.0. The maximum Gasteiger partial charge on any atom is 0.170 e. The van der Waals surface area contributed by atoms with E-state index in [0.29, 0.717) is 12.1 Å². The minimum Gasteiger partial charge on any atom is -0.409 e. The predicted molar refractivity (Wildman–Crippen MR) is 80.3 cm³/mol.